The van der Waals surface area contributed by atoms with E-state index in [4.69, 9.17) is 0 Å². The summed E-state index contributed by atoms with van der Waals surface area (Å²) in [4.78, 5) is 15.3. The van der Waals surface area contributed by atoms with Crippen molar-refractivity contribution >= 4 is 27.5 Å². The number of nitrogens with one attached hydrogen (secondary N) is 1. The lowest BCUT2D eigenvalue weighted by Crippen LogP contribution is -2.11. The van der Waals surface area contributed by atoms with Crippen molar-refractivity contribution in [3.05, 3.63) is 22.4 Å². The summed E-state index contributed by atoms with van der Waals surface area (Å²) in [5, 5.41) is 11.9. The summed E-state index contributed by atoms with van der Waals surface area (Å²) in [7, 11) is 0. The van der Waals surface area contributed by atoms with Crippen LogP contribution in [-0.2, 0) is 11.2 Å². The molecule has 0 unspecified atom stereocenters. The van der Waals surface area contributed by atoms with E-state index < -0.39 is 0 Å². The molecule has 0 radical (unpaired) electrons. The lowest BCUT2D eigenvalue weighted by atomic mass is 10.1. The molecule has 0 aromatic carbocycles. The average molecular weight is 287 g/mol. The van der Waals surface area contributed by atoms with E-state index in [9.17, 15) is 9.90 Å². The molecule has 0 saturated heterocycles. The van der Waals surface area contributed by atoms with Gasteiger partial charge < -0.3 is 10.4 Å². The molecule has 1 aromatic rings. The first kappa shape index (κ1) is 13.1. The summed E-state index contributed by atoms with van der Waals surface area (Å²) < 4.78 is 0.724. The van der Waals surface area contributed by atoms with Gasteiger partial charge in [-0.15, -0.1) is 0 Å². The Hall–Kier alpha value is -0.940. The second-order valence-electron chi connectivity index (χ2n) is 3.70. The monoisotopic (exact) mass is 286 g/mol. The number of carbonyl (C=O) groups is 1. The number of anilines is 1. The number of carbonyl (C=O) groups excluding carboxylic acids is 1. The van der Waals surface area contributed by atoms with Crippen molar-refractivity contribution in [1.82, 2.24) is 4.98 Å². The lowest BCUT2D eigenvalue weighted by Gasteiger charge is -2.10. The Morgan fingerprint density at radius 2 is 2.31 bits per heavy atom. The Morgan fingerprint density at radius 3 is 2.88 bits per heavy atom. The molecular weight excluding hydrogens is 272 g/mol. The third-order valence-corrected chi connectivity index (χ3v) is 2.49. The van der Waals surface area contributed by atoms with E-state index in [0.29, 0.717) is 18.5 Å². The molecule has 88 valence electrons. The second-order valence-corrected chi connectivity index (χ2v) is 4.51. The molecule has 1 amide bonds. The van der Waals surface area contributed by atoms with Crippen molar-refractivity contribution in [2.45, 2.75) is 32.8 Å². The number of nitrogens with zero attached hydrogens (tertiary/aromatic N) is 1. The van der Waals surface area contributed by atoms with Crippen LogP contribution in [0.1, 0.15) is 26.0 Å². The van der Waals surface area contributed by atoms with Gasteiger partial charge in [0.15, 0.2) is 0 Å². The third kappa shape index (κ3) is 4.28. The Balaban J connectivity index is 2.85. The van der Waals surface area contributed by atoms with Crippen LogP contribution in [0.5, 0.6) is 0 Å². The molecule has 0 aliphatic rings. The number of halogens is 1. The molecule has 2 N–H and O–H groups in total. The Morgan fingerprint density at radius 1 is 1.62 bits per heavy atom. The highest BCUT2D eigenvalue weighted by Gasteiger charge is 2.07. The number of amides is 1. The van der Waals surface area contributed by atoms with Crippen LogP contribution in [0.15, 0.2) is 16.7 Å². The molecule has 0 fully saturated rings. The highest BCUT2D eigenvalue weighted by molar-refractivity contribution is 9.10. The van der Waals surface area contributed by atoms with Gasteiger partial charge in [0, 0.05) is 6.92 Å². The first-order valence-electron chi connectivity index (χ1n) is 5.10. The number of hydrogen-bond acceptors (Lipinski definition) is 3. The molecule has 1 atom stereocenters. The first-order chi connectivity index (χ1) is 7.49. The number of pyridine rings is 1. The maximum atomic E-state index is 11.0. The smallest absolute Gasteiger partial charge is 0.221 e. The number of hydrogen-bond donors (Lipinski definition) is 2. The molecule has 0 saturated carbocycles. The molecule has 1 rings (SSSR count). The Labute approximate surface area is 103 Å². The largest absolute Gasteiger partial charge is 0.393 e. The molecular formula is C11H15BrN2O2. The van der Waals surface area contributed by atoms with Crippen molar-refractivity contribution in [3.63, 3.8) is 0 Å². The summed E-state index contributed by atoms with van der Waals surface area (Å²) in [6, 6.07) is 3.58. The van der Waals surface area contributed by atoms with Crippen LogP contribution in [0.4, 0.5) is 5.69 Å². The van der Waals surface area contributed by atoms with Gasteiger partial charge in [-0.2, -0.15) is 0 Å². The number of aryl methyl sites for hydroxylation is 1. The van der Waals surface area contributed by atoms with E-state index in [1.807, 2.05) is 0 Å². The average Bonchev–Trinajstić information content (AvgIpc) is 2.17. The maximum absolute atomic E-state index is 11.0. The molecule has 1 heterocycles. The fraction of sp³-hybridized carbons (Fsp3) is 0.455. The van der Waals surface area contributed by atoms with E-state index in [2.05, 4.69) is 26.2 Å². The zero-order chi connectivity index (χ0) is 12.1. The summed E-state index contributed by atoms with van der Waals surface area (Å²) >= 11 is 3.28. The van der Waals surface area contributed by atoms with Crippen LogP contribution in [0.2, 0.25) is 0 Å². The Bertz CT molecular complexity index is 380. The van der Waals surface area contributed by atoms with Crippen LogP contribution in [0.3, 0.4) is 0 Å². The van der Waals surface area contributed by atoms with E-state index in [1.54, 1.807) is 19.1 Å². The van der Waals surface area contributed by atoms with E-state index in [0.717, 1.165) is 10.3 Å². The Kier molecular flexibility index (Phi) is 4.89. The molecule has 0 spiro atoms. The third-order valence-electron chi connectivity index (χ3n) is 2.05. The van der Waals surface area contributed by atoms with Crippen LogP contribution < -0.4 is 5.32 Å². The van der Waals surface area contributed by atoms with Gasteiger partial charge in [-0.05, 0) is 47.8 Å². The predicted molar refractivity (Wildman–Crippen MR) is 66.2 cm³/mol. The van der Waals surface area contributed by atoms with Crippen molar-refractivity contribution in [1.29, 1.82) is 0 Å². The quantitative estimate of drug-likeness (QED) is 0.834. The topological polar surface area (TPSA) is 62.2 Å². The van der Waals surface area contributed by atoms with Gasteiger partial charge in [0.05, 0.1) is 17.5 Å². The van der Waals surface area contributed by atoms with Crippen molar-refractivity contribution < 1.29 is 9.90 Å². The predicted octanol–water partition coefficient (Wildman–Crippen LogP) is 2.12. The van der Waals surface area contributed by atoms with Crippen molar-refractivity contribution in [2.24, 2.45) is 0 Å². The van der Waals surface area contributed by atoms with Crippen molar-refractivity contribution in [2.75, 3.05) is 5.32 Å². The van der Waals surface area contributed by atoms with Gasteiger partial charge in [0.2, 0.25) is 5.91 Å². The second kappa shape index (κ2) is 5.96. The molecule has 1 aromatic heterocycles. The molecule has 5 heteroatoms. The first-order valence-corrected chi connectivity index (χ1v) is 5.89. The van der Waals surface area contributed by atoms with Crippen LogP contribution >= 0.6 is 15.9 Å². The summed E-state index contributed by atoms with van der Waals surface area (Å²) in [5.74, 6) is -0.123. The van der Waals surface area contributed by atoms with E-state index in [-0.39, 0.29) is 12.0 Å². The van der Waals surface area contributed by atoms with Gasteiger partial charge in [0.1, 0.15) is 4.60 Å². The summed E-state index contributed by atoms with van der Waals surface area (Å²) in [5.41, 5.74) is 1.49. The van der Waals surface area contributed by atoms with E-state index in [1.165, 1.54) is 6.92 Å². The summed E-state index contributed by atoms with van der Waals surface area (Å²) in [6.07, 6.45) is 0.883. The van der Waals surface area contributed by atoms with Gasteiger partial charge in [-0.1, -0.05) is 0 Å². The van der Waals surface area contributed by atoms with E-state index >= 15 is 0 Å². The molecule has 0 aliphatic carbocycles. The highest BCUT2D eigenvalue weighted by Crippen LogP contribution is 2.19. The molecule has 0 bridgehead atoms. The number of rotatable bonds is 4. The zero-order valence-electron chi connectivity index (χ0n) is 9.33. The summed E-state index contributed by atoms with van der Waals surface area (Å²) in [6.45, 7) is 3.19. The normalized spacial score (nSPS) is 12.2. The van der Waals surface area contributed by atoms with Crippen LogP contribution in [0.25, 0.3) is 0 Å². The minimum atomic E-state index is -0.369. The lowest BCUT2D eigenvalue weighted by molar-refractivity contribution is -0.114. The van der Waals surface area contributed by atoms with Gasteiger partial charge in [-0.3, -0.25) is 4.79 Å². The number of aliphatic hydroxyl groups is 1. The fourth-order valence-electron chi connectivity index (χ4n) is 1.31. The van der Waals surface area contributed by atoms with Gasteiger partial charge >= 0.3 is 0 Å². The SMILES string of the molecule is CC(=O)Nc1ccc(Br)nc1CC[C@@H](C)O. The minimum Gasteiger partial charge on any atom is -0.393 e. The maximum Gasteiger partial charge on any atom is 0.221 e. The van der Waals surface area contributed by atoms with Gasteiger partial charge in [0.25, 0.3) is 0 Å². The zero-order valence-corrected chi connectivity index (χ0v) is 10.9. The molecule has 4 nitrogen and oxygen atoms in total. The molecule has 16 heavy (non-hydrogen) atoms. The van der Waals surface area contributed by atoms with Crippen LogP contribution in [-0.4, -0.2) is 22.1 Å². The fourth-order valence-corrected chi connectivity index (χ4v) is 1.66. The number of aliphatic hydroxyl groups excluding tert-OH is 1. The van der Waals surface area contributed by atoms with Gasteiger partial charge in [-0.25, -0.2) is 4.98 Å². The van der Waals surface area contributed by atoms with Crippen LogP contribution in [0, 0.1) is 0 Å². The van der Waals surface area contributed by atoms with Crippen molar-refractivity contribution in [3.8, 4) is 0 Å². The molecule has 0 aliphatic heterocycles. The standard InChI is InChI=1S/C11H15BrN2O2/c1-7(15)3-4-10-9(13-8(2)16)5-6-11(12)14-10/h5-7,15H,3-4H2,1-2H3,(H,13,16)/t7-/m1/s1. The number of aromatic nitrogens is 1. The minimum absolute atomic E-state index is 0.123. The highest BCUT2D eigenvalue weighted by atomic mass is 79.9.